The second kappa shape index (κ2) is 14.2. The van der Waals surface area contributed by atoms with Crippen LogP contribution in [0.15, 0.2) is 18.2 Å². The molecule has 0 saturated carbocycles. The Bertz CT molecular complexity index is 1490. The number of benzene rings is 1. The summed E-state index contributed by atoms with van der Waals surface area (Å²) in [4.78, 5) is 25.7. The number of hydrogen-bond donors (Lipinski definition) is 3. The van der Waals surface area contributed by atoms with Gasteiger partial charge in [0, 0.05) is 81.9 Å². The number of fused-ring (bicyclic) bond motifs is 1. The number of nitrogens with one attached hydrogen (secondary N) is 2. The summed E-state index contributed by atoms with van der Waals surface area (Å²) in [5.41, 5.74) is 0.990. The fourth-order valence-electron chi connectivity index (χ4n) is 6.04. The van der Waals surface area contributed by atoms with E-state index < -0.39 is 27.9 Å². The number of alkyl halides is 3. The van der Waals surface area contributed by atoms with Crippen molar-refractivity contribution in [2.45, 2.75) is 84.4 Å². The third-order valence-electron chi connectivity index (χ3n) is 8.17. The van der Waals surface area contributed by atoms with Gasteiger partial charge in [0.25, 0.3) is 0 Å². The number of carbonyl (C=O) groups is 2. The fraction of sp³-hybridized carbons (Fsp3) is 0.633. The average molecular weight is 657 g/mol. The molecule has 2 amide bonds. The van der Waals surface area contributed by atoms with Gasteiger partial charge in [0.2, 0.25) is 21.8 Å². The van der Waals surface area contributed by atoms with Crippen LogP contribution in [-0.2, 0) is 51.8 Å². The Balaban J connectivity index is 1.62. The number of aromatic nitrogens is 2. The third kappa shape index (κ3) is 9.27. The number of hydrogen-bond acceptors (Lipinski definition) is 7. The standard InChI is InChI=1S/C30H43F3N6O5S/c1-19(2)13-28(42)34-15-22-14-21(5-6-26(22)30(31,32)33)29-25-18-38(45(4,43)44)12-9-27(25)39(36-29)17-24(41)16-37-10-7-23(8-11-37)35-20(3)40/h5-6,14,19,23-24,41H,7-13,15-18H2,1-4H3,(H,34,42)(H,35,40). The minimum atomic E-state index is -4.65. The summed E-state index contributed by atoms with van der Waals surface area (Å²) in [5.74, 6) is -0.391. The molecule has 250 valence electrons. The van der Waals surface area contributed by atoms with Crippen LogP contribution in [-0.4, -0.2) is 88.9 Å². The van der Waals surface area contributed by atoms with Gasteiger partial charge in [0.15, 0.2) is 0 Å². The van der Waals surface area contributed by atoms with Gasteiger partial charge in [-0.25, -0.2) is 8.42 Å². The molecule has 15 heteroatoms. The lowest BCUT2D eigenvalue weighted by atomic mass is 9.97. The number of carbonyl (C=O) groups excluding carboxylic acids is 2. The van der Waals surface area contributed by atoms with E-state index >= 15 is 0 Å². The quantitative estimate of drug-likeness (QED) is 0.338. The molecule has 2 aliphatic rings. The van der Waals surface area contributed by atoms with Crippen molar-refractivity contribution in [2.75, 3.05) is 32.4 Å². The van der Waals surface area contributed by atoms with Gasteiger partial charge >= 0.3 is 6.18 Å². The number of likely N-dealkylation sites (tertiary alicyclic amines) is 1. The van der Waals surface area contributed by atoms with E-state index in [9.17, 15) is 36.3 Å². The lowest BCUT2D eigenvalue weighted by molar-refractivity contribution is -0.138. The summed E-state index contributed by atoms with van der Waals surface area (Å²) in [6, 6.07) is 3.72. The average Bonchev–Trinajstić information content (AvgIpc) is 3.28. The Morgan fingerprint density at radius 1 is 1.13 bits per heavy atom. The van der Waals surface area contributed by atoms with Crippen molar-refractivity contribution >= 4 is 21.8 Å². The lowest BCUT2D eigenvalue weighted by Gasteiger charge is -2.33. The van der Waals surface area contributed by atoms with Crippen molar-refractivity contribution in [2.24, 2.45) is 5.92 Å². The number of nitrogens with zero attached hydrogens (tertiary/aromatic N) is 4. The van der Waals surface area contributed by atoms with E-state index in [1.54, 1.807) is 4.68 Å². The number of aliphatic hydroxyl groups excluding tert-OH is 1. The molecular formula is C30H43F3N6O5S. The molecule has 4 rings (SSSR count). The van der Waals surface area contributed by atoms with Crippen molar-refractivity contribution in [3.05, 3.63) is 40.6 Å². The topological polar surface area (TPSA) is 137 Å². The Labute approximate surface area is 262 Å². The molecular weight excluding hydrogens is 613 g/mol. The summed E-state index contributed by atoms with van der Waals surface area (Å²) in [5, 5.41) is 21.3. The highest BCUT2D eigenvalue weighted by Crippen LogP contribution is 2.37. The first kappa shape index (κ1) is 34.9. The van der Waals surface area contributed by atoms with Crippen LogP contribution in [0, 0.1) is 5.92 Å². The number of aliphatic hydroxyl groups is 1. The van der Waals surface area contributed by atoms with Crippen LogP contribution in [0.1, 0.15) is 62.4 Å². The van der Waals surface area contributed by atoms with Crippen LogP contribution < -0.4 is 10.6 Å². The van der Waals surface area contributed by atoms with Crippen LogP contribution in [0.25, 0.3) is 11.3 Å². The maximum Gasteiger partial charge on any atom is 0.416 e. The highest BCUT2D eigenvalue weighted by atomic mass is 32.2. The summed E-state index contributed by atoms with van der Waals surface area (Å²) in [6.07, 6.45) is -2.32. The van der Waals surface area contributed by atoms with E-state index in [1.165, 1.54) is 23.4 Å². The first-order valence-corrected chi connectivity index (χ1v) is 17.0. The number of sulfonamides is 1. The Morgan fingerprint density at radius 2 is 1.82 bits per heavy atom. The number of halogens is 3. The predicted molar refractivity (Wildman–Crippen MR) is 162 cm³/mol. The van der Waals surface area contributed by atoms with Crippen molar-refractivity contribution in [3.63, 3.8) is 0 Å². The molecule has 0 aliphatic carbocycles. The van der Waals surface area contributed by atoms with E-state index in [-0.39, 0.29) is 61.9 Å². The zero-order valence-electron chi connectivity index (χ0n) is 26.2. The molecule has 0 bridgehead atoms. The van der Waals surface area contributed by atoms with E-state index in [0.29, 0.717) is 42.9 Å². The summed E-state index contributed by atoms with van der Waals surface area (Å²) >= 11 is 0. The molecule has 3 N–H and O–H groups in total. The van der Waals surface area contributed by atoms with Crippen LogP contribution in [0.2, 0.25) is 0 Å². The SMILES string of the molecule is CC(=O)NC1CCN(CC(O)Cn2nc(-c3ccc(C(F)(F)F)c(CNC(=O)CC(C)C)c3)c3c2CCN(S(C)(=O)=O)C3)CC1. The maximum absolute atomic E-state index is 13.9. The number of β-amino-alcohol motifs (C(OH)–C–C–N with tert-alkyl or cyclic N) is 1. The molecule has 2 aromatic rings. The molecule has 1 fully saturated rings. The maximum atomic E-state index is 13.9. The molecule has 1 aromatic carbocycles. The Kier molecular flexibility index (Phi) is 11.0. The molecule has 1 atom stereocenters. The van der Waals surface area contributed by atoms with Crippen LogP contribution >= 0.6 is 0 Å². The van der Waals surface area contributed by atoms with Crippen molar-refractivity contribution in [3.8, 4) is 11.3 Å². The third-order valence-corrected chi connectivity index (χ3v) is 9.42. The number of rotatable bonds is 11. The van der Waals surface area contributed by atoms with Gasteiger partial charge in [0.05, 0.1) is 30.2 Å². The molecule has 1 unspecified atom stereocenters. The van der Waals surface area contributed by atoms with Crippen molar-refractivity contribution in [1.29, 1.82) is 0 Å². The van der Waals surface area contributed by atoms with Crippen LogP contribution in [0.3, 0.4) is 0 Å². The van der Waals surface area contributed by atoms with E-state index in [1.807, 2.05) is 13.8 Å². The molecule has 1 saturated heterocycles. The van der Waals surface area contributed by atoms with Crippen LogP contribution in [0.5, 0.6) is 0 Å². The van der Waals surface area contributed by atoms with Gasteiger partial charge in [-0.1, -0.05) is 19.9 Å². The molecule has 0 spiro atoms. The van der Waals surface area contributed by atoms with Gasteiger partial charge in [-0.3, -0.25) is 14.3 Å². The van der Waals surface area contributed by atoms with Crippen LogP contribution in [0.4, 0.5) is 13.2 Å². The molecule has 0 radical (unpaired) electrons. The Morgan fingerprint density at radius 3 is 2.42 bits per heavy atom. The van der Waals surface area contributed by atoms with Gasteiger partial charge < -0.3 is 20.6 Å². The van der Waals surface area contributed by atoms with E-state index in [2.05, 4.69) is 15.5 Å². The second-order valence-electron chi connectivity index (χ2n) is 12.5. The Hall–Kier alpha value is -3.01. The highest BCUT2D eigenvalue weighted by molar-refractivity contribution is 7.88. The fourth-order valence-corrected chi connectivity index (χ4v) is 6.82. The smallest absolute Gasteiger partial charge is 0.390 e. The monoisotopic (exact) mass is 656 g/mol. The number of amides is 2. The van der Waals surface area contributed by atoms with Crippen molar-refractivity contribution in [1.82, 2.24) is 29.6 Å². The second-order valence-corrected chi connectivity index (χ2v) is 14.5. The summed E-state index contributed by atoms with van der Waals surface area (Å²) < 4.78 is 69.6. The normalized spacial score (nSPS) is 17.7. The first-order chi connectivity index (χ1) is 21.0. The zero-order chi connectivity index (χ0) is 33.1. The summed E-state index contributed by atoms with van der Waals surface area (Å²) in [7, 11) is -3.56. The molecule has 3 heterocycles. The number of piperidine rings is 1. The zero-order valence-corrected chi connectivity index (χ0v) is 27.0. The lowest BCUT2D eigenvalue weighted by Crippen LogP contribution is -2.46. The predicted octanol–water partition coefficient (Wildman–Crippen LogP) is 2.51. The van der Waals surface area contributed by atoms with Gasteiger partial charge in [-0.15, -0.1) is 0 Å². The van der Waals surface area contributed by atoms with Gasteiger partial charge in [0.1, 0.15) is 0 Å². The summed E-state index contributed by atoms with van der Waals surface area (Å²) in [6.45, 7) is 6.94. The molecule has 11 nitrogen and oxygen atoms in total. The first-order valence-electron chi connectivity index (χ1n) is 15.2. The van der Waals surface area contributed by atoms with E-state index in [0.717, 1.165) is 30.9 Å². The largest absolute Gasteiger partial charge is 0.416 e. The van der Waals surface area contributed by atoms with E-state index in [4.69, 9.17) is 5.10 Å². The molecule has 2 aliphatic heterocycles. The minimum Gasteiger partial charge on any atom is -0.390 e. The van der Waals surface area contributed by atoms with Gasteiger partial charge in [-0.2, -0.15) is 22.6 Å². The van der Waals surface area contributed by atoms with Gasteiger partial charge in [-0.05, 0) is 36.5 Å². The molecule has 45 heavy (non-hydrogen) atoms. The van der Waals surface area contributed by atoms with Crippen molar-refractivity contribution < 1.29 is 36.3 Å². The minimum absolute atomic E-state index is 0.00224. The molecule has 1 aromatic heterocycles. The highest BCUT2D eigenvalue weighted by Gasteiger charge is 2.35.